The molecule has 1 aromatic rings. The van der Waals surface area contributed by atoms with Gasteiger partial charge in [0.25, 0.3) is 0 Å². The minimum Gasteiger partial charge on any atom is -0.392 e. The summed E-state index contributed by atoms with van der Waals surface area (Å²) in [5.41, 5.74) is 6.92. The predicted octanol–water partition coefficient (Wildman–Crippen LogP) is 2.67. The maximum atomic E-state index is 10.7. The summed E-state index contributed by atoms with van der Waals surface area (Å²) in [6, 6.07) is 2.70. The van der Waals surface area contributed by atoms with Crippen LogP contribution in [0.3, 0.4) is 0 Å². The molecule has 1 heterocycles. The molecule has 2 saturated carbocycles. The van der Waals surface area contributed by atoms with Gasteiger partial charge in [-0.25, -0.2) is 0 Å². The predicted molar refractivity (Wildman–Crippen MR) is 83.9 cm³/mol. The van der Waals surface area contributed by atoms with Gasteiger partial charge in [-0.2, -0.15) is 5.10 Å². The second-order valence-corrected chi connectivity index (χ2v) is 7.86. The first-order chi connectivity index (χ1) is 9.97. The molecule has 0 saturated heterocycles. The third-order valence-electron chi connectivity index (χ3n) is 5.89. The standard InChI is InChI=1S/C17H29N3O/c1-16(2)8-9-17(12-18,15(16)21)11-13-7-10-20(19-13)14-5-3-4-6-14/h7,10,14-15,21H,3-6,8-9,11-12,18H2,1-2H3. The van der Waals surface area contributed by atoms with E-state index < -0.39 is 0 Å². The van der Waals surface area contributed by atoms with Crippen molar-refractivity contribution in [3.05, 3.63) is 18.0 Å². The maximum Gasteiger partial charge on any atom is 0.0663 e. The van der Waals surface area contributed by atoms with Gasteiger partial charge in [0.15, 0.2) is 0 Å². The number of aliphatic hydroxyl groups is 1. The highest BCUT2D eigenvalue weighted by Gasteiger charge is 2.51. The summed E-state index contributed by atoms with van der Waals surface area (Å²) in [6.45, 7) is 4.83. The molecule has 3 N–H and O–H groups in total. The topological polar surface area (TPSA) is 64.1 Å². The number of hydrogen-bond acceptors (Lipinski definition) is 3. The van der Waals surface area contributed by atoms with Gasteiger partial charge in [0.1, 0.15) is 0 Å². The molecule has 0 bridgehead atoms. The van der Waals surface area contributed by atoms with Crippen LogP contribution in [0.1, 0.15) is 64.1 Å². The van der Waals surface area contributed by atoms with E-state index in [1.807, 2.05) is 0 Å². The van der Waals surface area contributed by atoms with E-state index in [4.69, 9.17) is 10.8 Å². The Bertz CT molecular complexity index is 490. The zero-order valence-corrected chi connectivity index (χ0v) is 13.4. The molecule has 0 spiro atoms. The van der Waals surface area contributed by atoms with Crippen LogP contribution in [0.2, 0.25) is 0 Å². The van der Waals surface area contributed by atoms with Crippen molar-refractivity contribution in [2.24, 2.45) is 16.6 Å². The summed E-state index contributed by atoms with van der Waals surface area (Å²) in [7, 11) is 0. The van der Waals surface area contributed by atoms with E-state index in [9.17, 15) is 5.11 Å². The summed E-state index contributed by atoms with van der Waals surface area (Å²) in [4.78, 5) is 0. The van der Waals surface area contributed by atoms with Gasteiger partial charge >= 0.3 is 0 Å². The molecule has 0 amide bonds. The average Bonchev–Trinajstić information content (AvgIpc) is 3.16. The lowest BCUT2D eigenvalue weighted by Gasteiger charge is -2.35. The lowest BCUT2D eigenvalue weighted by molar-refractivity contribution is -0.00516. The third kappa shape index (κ3) is 2.64. The molecule has 21 heavy (non-hydrogen) atoms. The van der Waals surface area contributed by atoms with Crippen molar-refractivity contribution in [1.29, 1.82) is 0 Å². The molecule has 4 nitrogen and oxygen atoms in total. The van der Waals surface area contributed by atoms with Gasteiger partial charge < -0.3 is 10.8 Å². The second kappa shape index (κ2) is 5.40. The van der Waals surface area contributed by atoms with Crippen LogP contribution in [-0.2, 0) is 6.42 Å². The highest BCUT2D eigenvalue weighted by atomic mass is 16.3. The molecule has 0 aromatic carbocycles. The first-order valence-electron chi connectivity index (χ1n) is 8.39. The highest BCUT2D eigenvalue weighted by Crippen LogP contribution is 2.50. The summed E-state index contributed by atoms with van der Waals surface area (Å²) in [5.74, 6) is 0. The van der Waals surface area contributed by atoms with E-state index in [1.165, 1.54) is 25.7 Å². The van der Waals surface area contributed by atoms with E-state index in [-0.39, 0.29) is 16.9 Å². The van der Waals surface area contributed by atoms with E-state index >= 15 is 0 Å². The van der Waals surface area contributed by atoms with Crippen molar-refractivity contribution < 1.29 is 5.11 Å². The normalized spacial score (nSPS) is 32.9. The molecule has 3 rings (SSSR count). The molecular weight excluding hydrogens is 262 g/mol. The number of hydrogen-bond donors (Lipinski definition) is 2. The van der Waals surface area contributed by atoms with Crippen molar-refractivity contribution >= 4 is 0 Å². The number of nitrogens with two attached hydrogens (primary N) is 1. The van der Waals surface area contributed by atoms with E-state index in [0.29, 0.717) is 12.6 Å². The summed E-state index contributed by atoms with van der Waals surface area (Å²) < 4.78 is 2.14. The van der Waals surface area contributed by atoms with Crippen LogP contribution in [0.25, 0.3) is 0 Å². The molecule has 1 aromatic heterocycles. The molecular formula is C17H29N3O. The third-order valence-corrected chi connectivity index (χ3v) is 5.89. The van der Waals surface area contributed by atoms with Gasteiger partial charge in [-0.05, 0) is 37.2 Å². The van der Waals surface area contributed by atoms with Crippen molar-refractivity contribution in [3.8, 4) is 0 Å². The van der Waals surface area contributed by atoms with Gasteiger partial charge in [-0.1, -0.05) is 26.7 Å². The van der Waals surface area contributed by atoms with Gasteiger partial charge in [0.2, 0.25) is 0 Å². The molecule has 4 heteroatoms. The van der Waals surface area contributed by atoms with Gasteiger partial charge in [0, 0.05) is 24.6 Å². The van der Waals surface area contributed by atoms with Crippen molar-refractivity contribution in [2.75, 3.05) is 6.54 Å². The van der Waals surface area contributed by atoms with Crippen LogP contribution in [0.5, 0.6) is 0 Å². The molecule has 0 aliphatic heterocycles. The van der Waals surface area contributed by atoms with Crippen LogP contribution in [-0.4, -0.2) is 27.5 Å². The largest absolute Gasteiger partial charge is 0.392 e. The fourth-order valence-electron chi connectivity index (χ4n) is 4.35. The minimum absolute atomic E-state index is 0.0343. The Labute approximate surface area is 127 Å². The van der Waals surface area contributed by atoms with Crippen LogP contribution < -0.4 is 5.73 Å². The second-order valence-electron chi connectivity index (χ2n) is 7.86. The fourth-order valence-corrected chi connectivity index (χ4v) is 4.35. The van der Waals surface area contributed by atoms with E-state index in [2.05, 4.69) is 30.8 Å². The van der Waals surface area contributed by atoms with Crippen molar-refractivity contribution in [2.45, 2.75) is 70.9 Å². The maximum absolute atomic E-state index is 10.7. The lowest BCUT2D eigenvalue weighted by atomic mass is 9.75. The zero-order chi connectivity index (χ0) is 15.1. The van der Waals surface area contributed by atoms with Crippen LogP contribution in [0, 0.1) is 10.8 Å². The molecule has 2 fully saturated rings. The smallest absolute Gasteiger partial charge is 0.0663 e. The Balaban J connectivity index is 1.76. The van der Waals surface area contributed by atoms with E-state index in [1.54, 1.807) is 0 Å². The molecule has 2 aliphatic rings. The molecule has 2 aliphatic carbocycles. The summed E-state index contributed by atoms with van der Waals surface area (Å²) in [6.07, 6.45) is 9.74. The lowest BCUT2D eigenvalue weighted by Crippen LogP contribution is -2.44. The fraction of sp³-hybridized carbons (Fsp3) is 0.824. The van der Waals surface area contributed by atoms with Crippen LogP contribution in [0.4, 0.5) is 0 Å². The van der Waals surface area contributed by atoms with Crippen LogP contribution in [0.15, 0.2) is 12.3 Å². The Morgan fingerprint density at radius 1 is 1.33 bits per heavy atom. The Morgan fingerprint density at radius 3 is 2.62 bits per heavy atom. The Kier molecular flexibility index (Phi) is 3.87. The SMILES string of the molecule is CC1(C)CCC(CN)(Cc2ccn(C3CCCC3)n2)C1O. The average molecular weight is 291 g/mol. The number of nitrogens with zero attached hydrogens (tertiary/aromatic N) is 2. The Morgan fingerprint density at radius 2 is 2.05 bits per heavy atom. The molecule has 2 atom stereocenters. The molecule has 118 valence electrons. The van der Waals surface area contributed by atoms with E-state index in [0.717, 1.165) is 25.0 Å². The molecule has 2 unspecified atom stereocenters. The van der Waals surface area contributed by atoms with Gasteiger partial charge in [0.05, 0.1) is 17.8 Å². The monoisotopic (exact) mass is 291 g/mol. The quantitative estimate of drug-likeness (QED) is 0.896. The summed E-state index contributed by atoms with van der Waals surface area (Å²) >= 11 is 0. The molecule has 0 radical (unpaired) electrons. The number of aliphatic hydroxyl groups excluding tert-OH is 1. The number of aromatic nitrogens is 2. The van der Waals surface area contributed by atoms with Gasteiger partial charge in [-0.15, -0.1) is 0 Å². The van der Waals surface area contributed by atoms with Gasteiger partial charge in [-0.3, -0.25) is 4.68 Å². The van der Waals surface area contributed by atoms with Crippen molar-refractivity contribution in [1.82, 2.24) is 9.78 Å². The zero-order valence-electron chi connectivity index (χ0n) is 13.4. The Hall–Kier alpha value is -0.870. The first kappa shape index (κ1) is 15.0. The summed E-state index contributed by atoms with van der Waals surface area (Å²) in [5, 5.41) is 15.5. The minimum atomic E-state index is -0.341. The van der Waals surface area contributed by atoms with Crippen LogP contribution >= 0.6 is 0 Å². The number of rotatable bonds is 4. The highest BCUT2D eigenvalue weighted by molar-refractivity contribution is 5.11. The first-order valence-corrected chi connectivity index (χ1v) is 8.39. The van der Waals surface area contributed by atoms with Crippen molar-refractivity contribution in [3.63, 3.8) is 0 Å².